The van der Waals surface area contributed by atoms with Gasteiger partial charge in [-0.3, -0.25) is 9.78 Å². The van der Waals surface area contributed by atoms with Crippen LogP contribution in [-0.2, 0) is 0 Å². The number of carbonyl (C=O) groups excluding carboxylic acids is 1. The lowest BCUT2D eigenvalue weighted by Crippen LogP contribution is -2.15. The van der Waals surface area contributed by atoms with Gasteiger partial charge in [-0.1, -0.05) is 13.0 Å². The fourth-order valence-electron chi connectivity index (χ4n) is 1.76. The van der Waals surface area contributed by atoms with Crippen molar-refractivity contribution in [2.45, 2.75) is 13.3 Å². The van der Waals surface area contributed by atoms with E-state index in [9.17, 15) is 9.18 Å². The zero-order chi connectivity index (χ0) is 14.4. The van der Waals surface area contributed by atoms with E-state index >= 15 is 0 Å². The maximum Gasteiger partial charge on any atom is 0.257 e. The predicted octanol–water partition coefficient (Wildman–Crippen LogP) is 3.29. The lowest BCUT2D eigenvalue weighted by molar-refractivity contribution is 0.102. The second-order valence-electron chi connectivity index (χ2n) is 4.31. The Bertz CT molecular complexity index is 601. The quantitative estimate of drug-likeness (QED) is 0.879. The third-order valence-electron chi connectivity index (χ3n) is 2.71. The molecule has 0 aliphatic heterocycles. The molecule has 2 rings (SSSR count). The van der Waals surface area contributed by atoms with Gasteiger partial charge in [0, 0.05) is 18.4 Å². The highest BCUT2D eigenvalue weighted by Crippen LogP contribution is 2.16. The Morgan fingerprint density at radius 2 is 2.20 bits per heavy atom. The second-order valence-corrected chi connectivity index (χ2v) is 4.31. The molecule has 2 aromatic rings. The molecule has 1 heterocycles. The fourth-order valence-corrected chi connectivity index (χ4v) is 1.76. The van der Waals surface area contributed by atoms with Crippen molar-refractivity contribution in [1.29, 1.82) is 0 Å². The molecule has 0 saturated carbocycles. The standard InChI is InChI=1S/C15H16FN3O/c1-2-7-18-14-10-17-8-6-13(14)15(20)19-12-5-3-4-11(16)9-12/h3-6,8-10,18H,2,7H2,1H3,(H,19,20). The molecule has 0 fully saturated rings. The lowest BCUT2D eigenvalue weighted by atomic mass is 10.2. The maximum absolute atomic E-state index is 13.1. The van der Waals surface area contributed by atoms with E-state index < -0.39 is 0 Å². The molecule has 20 heavy (non-hydrogen) atoms. The highest BCUT2D eigenvalue weighted by molar-refractivity contribution is 6.07. The summed E-state index contributed by atoms with van der Waals surface area (Å²) in [7, 11) is 0. The molecule has 5 heteroatoms. The van der Waals surface area contributed by atoms with Gasteiger partial charge in [-0.25, -0.2) is 4.39 Å². The minimum Gasteiger partial charge on any atom is -0.383 e. The molecule has 0 unspecified atom stereocenters. The molecule has 0 saturated heterocycles. The predicted molar refractivity (Wildman–Crippen MR) is 77.4 cm³/mol. The first-order valence-corrected chi connectivity index (χ1v) is 6.45. The van der Waals surface area contributed by atoms with Gasteiger partial charge in [0.15, 0.2) is 0 Å². The molecule has 0 bridgehead atoms. The summed E-state index contributed by atoms with van der Waals surface area (Å²) in [5.74, 6) is -0.682. The van der Waals surface area contributed by atoms with Gasteiger partial charge in [0.1, 0.15) is 5.82 Å². The van der Waals surface area contributed by atoms with Crippen LogP contribution in [0.1, 0.15) is 23.7 Å². The maximum atomic E-state index is 13.1. The molecule has 0 aliphatic carbocycles. The third-order valence-corrected chi connectivity index (χ3v) is 2.71. The van der Waals surface area contributed by atoms with E-state index in [-0.39, 0.29) is 11.7 Å². The Morgan fingerprint density at radius 1 is 1.35 bits per heavy atom. The highest BCUT2D eigenvalue weighted by atomic mass is 19.1. The average Bonchev–Trinajstić information content (AvgIpc) is 2.45. The van der Waals surface area contributed by atoms with Crippen LogP contribution in [0.2, 0.25) is 0 Å². The van der Waals surface area contributed by atoms with Crippen LogP contribution in [0.4, 0.5) is 15.8 Å². The van der Waals surface area contributed by atoms with E-state index in [2.05, 4.69) is 15.6 Å². The van der Waals surface area contributed by atoms with Gasteiger partial charge >= 0.3 is 0 Å². The Balaban J connectivity index is 2.16. The number of anilines is 2. The molecule has 0 atom stereocenters. The van der Waals surface area contributed by atoms with Crippen molar-refractivity contribution in [1.82, 2.24) is 4.98 Å². The van der Waals surface area contributed by atoms with Crippen molar-refractivity contribution in [3.8, 4) is 0 Å². The normalized spacial score (nSPS) is 10.1. The number of amides is 1. The van der Waals surface area contributed by atoms with Crippen molar-refractivity contribution in [3.63, 3.8) is 0 Å². The lowest BCUT2D eigenvalue weighted by Gasteiger charge is -2.11. The van der Waals surface area contributed by atoms with Crippen LogP contribution in [0.15, 0.2) is 42.7 Å². The van der Waals surface area contributed by atoms with E-state index in [1.807, 2.05) is 6.92 Å². The van der Waals surface area contributed by atoms with Gasteiger partial charge in [-0.2, -0.15) is 0 Å². The topological polar surface area (TPSA) is 54.0 Å². The summed E-state index contributed by atoms with van der Waals surface area (Å²) in [6, 6.07) is 7.43. The van der Waals surface area contributed by atoms with Crippen molar-refractivity contribution in [2.75, 3.05) is 17.2 Å². The smallest absolute Gasteiger partial charge is 0.257 e. The molecule has 0 aliphatic rings. The van der Waals surface area contributed by atoms with Gasteiger partial charge in [0.25, 0.3) is 5.91 Å². The first kappa shape index (κ1) is 14.0. The second kappa shape index (κ2) is 6.65. The summed E-state index contributed by atoms with van der Waals surface area (Å²) < 4.78 is 13.1. The molecule has 1 amide bonds. The van der Waals surface area contributed by atoms with E-state index in [1.165, 1.54) is 12.1 Å². The number of pyridine rings is 1. The van der Waals surface area contributed by atoms with Crippen LogP contribution in [0, 0.1) is 5.82 Å². The summed E-state index contributed by atoms with van der Waals surface area (Å²) in [4.78, 5) is 16.2. The van der Waals surface area contributed by atoms with E-state index in [0.717, 1.165) is 13.0 Å². The zero-order valence-corrected chi connectivity index (χ0v) is 11.2. The molecule has 1 aromatic heterocycles. The fraction of sp³-hybridized carbons (Fsp3) is 0.200. The number of halogens is 1. The number of nitrogens with zero attached hydrogens (tertiary/aromatic N) is 1. The van der Waals surface area contributed by atoms with Crippen LogP contribution < -0.4 is 10.6 Å². The molecule has 0 spiro atoms. The first-order valence-electron chi connectivity index (χ1n) is 6.45. The van der Waals surface area contributed by atoms with Gasteiger partial charge in [-0.15, -0.1) is 0 Å². The molecule has 4 nitrogen and oxygen atoms in total. The average molecular weight is 273 g/mol. The van der Waals surface area contributed by atoms with Crippen LogP contribution in [0.3, 0.4) is 0 Å². The van der Waals surface area contributed by atoms with E-state index in [0.29, 0.717) is 16.9 Å². The summed E-state index contributed by atoms with van der Waals surface area (Å²) in [6.45, 7) is 2.79. The first-order chi connectivity index (χ1) is 9.70. The number of hydrogen-bond donors (Lipinski definition) is 2. The van der Waals surface area contributed by atoms with Crippen LogP contribution in [0.25, 0.3) is 0 Å². The Labute approximate surface area is 117 Å². The number of hydrogen-bond acceptors (Lipinski definition) is 3. The Kier molecular flexibility index (Phi) is 4.65. The van der Waals surface area contributed by atoms with Crippen molar-refractivity contribution in [3.05, 3.63) is 54.1 Å². The molecule has 0 radical (unpaired) electrons. The van der Waals surface area contributed by atoms with Gasteiger partial charge in [0.2, 0.25) is 0 Å². The summed E-state index contributed by atoms with van der Waals surface area (Å²) in [6.07, 6.45) is 4.10. The van der Waals surface area contributed by atoms with Crippen molar-refractivity contribution >= 4 is 17.3 Å². The number of nitrogens with one attached hydrogen (secondary N) is 2. The summed E-state index contributed by atoms with van der Waals surface area (Å²) in [5.41, 5.74) is 1.58. The highest BCUT2D eigenvalue weighted by Gasteiger charge is 2.11. The number of aromatic nitrogens is 1. The van der Waals surface area contributed by atoms with Crippen molar-refractivity contribution in [2.24, 2.45) is 0 Å². The summed E-state index contributed by atoms with van der Waals surface area (Å²) >= 11 is 0. The zero-order valence-electron chi connectivity index (χ0n) is 11.2. The Morgan fingerprint density at radius 3 is 2.95 bits per heavy atom. The molecular weight excluding hydrogens is 257 g/mol. The van der Waals surface area contributed by atoms with Crippen LogP contribution in [0.5, 0.6) is 0 Å². The van der Waals surface area contributed by atoms with Crippen LogP contribution >= 0.6 is 0 Å². The molecular formula is C15H16FN3O. The number of rotatable bonds is 5. The number of benzene rings is 1. The third kappa shape index (κ3) is 3.54. The molecule has 104 valence electrons. The number of carbonyl (C=O) groups is 1. The van der Waals surface area contributed by atoms with Crippen molar-refractivity contribution < 1.29 is 9.18 Å². The molecule has 1 aromatic carbocycles. The van der Waals surface area contributed by atoms with Crippen LogP contribution in [-0.4, -0.2) is 17.4 Å². The van der Waals surface area contributed by atoms with Gasteiger partial charge < -0.3 is 10.6 Å². The Hall–Kier alpha value is -2.43. The summed E-state index contributed by atoms with van der Waals surface area (Å²) in [5, 5.41) is 5.81. The van der Waals surface area contributed by atoms with Gasteiger partial charge in [-0.05, 0) is 30.7 Å². The molecule has 2 N–H and O–H groups in total. The van der Waals surface area contributed by atoms with E-state index in [1.54, 1.807) is 30.6 Å². The monoisotopic (exact) mass is 273 g/mol. The van der Waals surface area contributed by atoms with E-state index in [4.69, 9.17) is 0 Å². The SMILES string of the molecule is CCCNc1cnccc1C(=O)Nc1cccc(F)c1. The minimum absolute atomic E-state index is 0.295. The largest absolute Gasteiger partial charge is 0.383 e. The minimum atomic E-state index is -0.387. The van der Waals surface area contributed by atoms with Gasteiger partial charge in [0.05, 0.1) is 17.4 Å².